The number of nitrogens with zero attached hydrogens (tertiary/aromatic N) is 7. The molecule has 4 aromatic heterocycles. The lowest BCUT2D eigenvalue weighted by Gasteiger charge is -2.26. The van der Waals surface area contributed by atoms with Crippen LogP contribution in [0.2, 0.25) is 5.02 Å². The molecule has 2 fully saturated rings. The number of aryl methyl sites for hydroxylation is 1. The van der Waals surface area contributed by atoms with Gasteiger partial charge in [0.05, 0.1) is 65.3 Å². The van der Waals surface area contributed by atoms with Gasteiger partial charge in [0.25, 0.3) is 12.3 Å². The number of fused-ring (bicyclic) bond motifs is 4. The van der Waals surface area contributed by atoms with Crippen LogP contribution in [0.5, 0.6) is 0 Å². The van der Waals surface area contributed by atoms with Gasteiger partial charge in [-0.3, -0.25) is 28.5 Å². The molecule has 6 aromatic rings. The van der Waals surface area contributed by atoms with Crippen LogP contribution in [0.25, 0.3) is 33.2 Å². The maximum absolute atomic E-state index is 15.6. The van der Waals surface area contributed by atoms with Gasteiger partial charge in [-0.1, -0.05) is 29.8 Å². The highest BCUT2D eigenvalue weighted by atomic mass is 35.5. The number of carbonyl (C=O) groups excluding carboxylic acids is 1. The average Bonchev–Trinajstić information content (AvgIpc) is 3.51. The van der Waals surface area contributed by atoms with Crippen LogP contribution in [0.3, 0.4) is 0 Å². The summed E-state index contributed by atoms with van der Waals surface area (Å²) in [5.74, 6) is -8.88. The fraction of sp³-hybridized carbons (Fsp3) is 0.308. The summed E-state index contributed by atoms with van der Waals surface area (Å²) in [5.41, 5.74) is 0.481. The van der Waals surface area contributed by atoms with E-state index in [-0.39, 0.29) is 51.1 Å². The van der Waals surface area contributed by atoms with Gasteiger partial charge in [-0.25, -0.2) is 26.0 Å². The lowest BCUT2D eigenvalue weighted by Crippen LogP contribution is -2.35. The molecular weight excluding hydrogens is 840 g/mol. The number of anilines is 1. The molecule has 3 atom stereocenters. The number of pyridine rings is 1. The minimum Gasteiger partial charge on any atom is -0.377 e. The van der Waals surface area contributed by atoms with E-state index in [1.165, 1.54) is 16.9 Å². The van der Waals surface area contributed by atoms with E-state index in [0.29, 0.717) is 51.7 Å². The minimum absolute atomic E-state index is 0.0140. The Bertz CT molecular complexity index is 2870. The fourth-order valence-electron chi connectivity index (χ4n) is 8.27. The number of allylic oxidation sites excluding steroid dienone is 1. The van der Waals surface area contributed by atoms with Gasteiger partial charge in [0, 0.05) is 59.2 Å². The predicted octanol–water partition coefficient (Wildman–Crippen LogP) is 6.98. The Morgan fingerprint density at radius 2 is 1.78 bits per heavy atom. The molecular formula is C39H32ClF6N9O4S. The lowest BCUT2D eigenvalue weighted by molar-refractivity contribution is -0.122. The van der Waals surface area contributed by atoms with Gasteiger partial charge >= 0.3 is 0 Å². The Hall–Kier alpha value is -5.73. The Labute approximate surface area is 342 Å². The molecule has 2 aliphatic carbocycles. The summed E-state index contributed by atoms with van der Waals surface area (Å²) in [6.07, 6.45) is 2.34. The number of ether oxygens (including phenoxy) is 1. The Morgan fingerprint density at radius 3 is 2.45 bits per heavy atom. The smallest absolute Gasteiger partial charge is 0.297 e. The number of carbonyl (C=O) groups is 1. The van der Waals surface area contributed by atoms with E-state index >= 15 is 8.78 Å². The molecule has 2 aromatic carbocycles. The second-order valence-electron chi connectivity index (χ2n) is 15.1. The van der Waals surface area contributed by atoms with Crippen molar-refractivity contribution in [1.29, 1.82) is 0 Å². The number of benzene rings is 2. The van der Waals surface area contributed by atoms with Crippen molar-refractivity contribution in [3.63, 3.8) is 0 Å². The minimum atomic E-state index is -3.84. The first-order valence-corrected chi connectivity index (χ1v) is 20.6. The Balaban J connectivity index is 1.19. The lowest BCUT2D eigenvalue weighted by atomic mass is 9.92. The van der Waals surface area contributed by atoms with Crippen molar-refractivity contribution in [1.82, 2.24) is 39.6 Å². The number of alkyl halides is 4. The number of amides is 1. The third kappa shape index (κ3) is 6.79. The van der Waals surface area contributed by atoms with E-state index in [0.717, 1.165) is 18.4 Å². The van der Waals surface area contributed by atoms with Crippen LogP contribution in [-0.4, -0.2) is 68.1 Å². The summed E-state index contributed by atoms with van der Waals surface area (Å²) < 4.78 is 125. The molecule has 60 heavy (non-hydrogen) atoms. The molecule has 0 bridgehead atoms. The Kier molecular flexibility index (Phi) is 9.39. The number of nitrogens with one attached hydrogen (secondary N) is 2. The fourth-order valence-corrected chi connectivity index (χ4v) is 9.01. The van der Waals surface area contributed by atoms with Crippen molar-refractivity contribution < 1.29 is 44.3 Å². The zero-order valence-electron chi connectivity index (χ0n) is 31.4. The summed E-state index contributed by atoms with van der Waals surface area (Å²) >= 11 is 6.66. The zero-order valence-corrected chi connectivity index (χ0v) is 33.0. The van der Waals surface area contributed by atoms with Gasteiger partial charge in [0.15, 0.2) is 5.82 Å². The van der Waals surface area contributed by atoms with Crippen LogP contribution in [0.4, 0.5) is 32.2 Å². The molecule has 13 nitrogen and oxygen atoms in total. The first-order chi connectivity index (χ1) is 28.4. The van der Waals surface area contributed by atoms with E-state index in [4.69, 9.17) is 21.3 Å². The summed E-state index contributed by atoms with van der Waals surface area (Å²) in [6, 6.07) is 6.37. The third-order valence-electron chi connectivity index (χ3n) is 10.9. The van der Waals surface area contributed by atoms with E-state index in [1.54, 1.807) is 36.3 Å². The summed E-state index contributed by atoms with van der Waals surface area (Å²) in [5, 5.41) is 15.7. The zero-order chi connectivity index (χ0) is 42.6. The van der Waals surface area contributed by atoms with Crippen molar-refractivity contribution in [3.8, 4) is 22.3 Å². The van der Waals surface area contributed by atoms with Gasteiger partial charge in [0.2, 0.25) is 15.9 Å². The highest BCUT2D eigenvalue weighted by Gasteiger charge is 2.70. The molecule has 0 spiro atoms. The van der Waals surface area contributed by atoms with Crippen LogP contribution in [0.1, 0.15) is 52.6 Å². The van der Waals surface area contributed by atoms with Crippen LogP contribution in [-0.2, 0) is 45.5 Å². The number of hydrogen-bond donors (Lipinski definition) is 2. The molecule has 0 radical (unpaired) electrons. The summed E-state index contributed by atoms with van der Waals surface area (Å²) in [6.45, 7) is 3.63. The molecule has 0 unspecified atom stereocenters. The molecule has 1 amide bonds. The van der Waals surface area contributed by atoms with E-state index in [9.17, 15) is 30.8 Å². The average molecular weight is 872 g/mol. The molecule has 9 rings (SSSR count). The van der Waals surface area contributed by atoms with Crippen molar-refractivity contribution in [2.24, 2.45) is 13.0 Å². The monoisotopic (exact) mass is 871 g/mol. The quantitative estimate of drug-likeness (QED) is 0.0988. The SMILES string of the molecule is C=C1[C@@H]2c3c(C(F)F)nn(CC(=O)N[C@@H](Cc4cc(F)cc(F)c4)c4ncc(-c5cnn(C6COC6)c5)cc4-c4ccc(Cl)c5c(NS(C)(=O)=O)nn(C)c45)c3C(F)(F)[C@H]12. The first kappa shape index (κ1) is 39.7. The van der Waals surface area contributed by atoms with Crippen LogP contribution in [0.15, 0.2) is 67.1 Å². The molecule has 1 saturated heterocycles. The standard InChI is InChI=1S/C39H32ClF6N9O4S/c1-17-29-31-34(37(43)44)50-55(36(31)39(45,46)32(17)29)14-28(56)49-27(8-18-6-21(41)10-22(42)7-18)33-25(9-19(11-47-33)20-12-48-54(13-20)23-15-59-16-23)24-4-5-26(40)30-35(24)53(2)51-38(30)52-60(3,57)58/h4-7,9-13,23,27,29,32,37H,1,8,14-16H2,2-3H3,(H,49,56)(H,51,52)/t27-,29+,32+/m0/s1. The number of rotatable bonds is 12. The van der Waals surface area contributed by atoms with E-state index < -0.39 is 75.7 Å². The highest BCUT2D eigenvalue weighted by Crippen LogP contribution is 2.71. The molecule has 1 saturated carbocycles. The molecule has 21 heteroatoms. The van der Waals surface area contributed by atoms with Gasteiger partial charge in [-0.05, 0) is 36.2 Å². The number of sulfonamides is 1. The van der Waals surface area contributed by atoms with Gasteiger partial charge in [0.1, 0.15) is 29.6 Å². The van der Waals surface area contributed by atoms with Crippen LogP contribution >= 0.6 is 11.6 Å². The van der Waals surface area contributed by atoms with Crippen molar-refractivity contribution in [3.05, 3.63) is 112 Å². The Morgan fingerprint density at radius 1 is 1.05 bits per heavy atom. The second kappa shape index (κ2) is 14.2. The van der Waals surface area contributed by atoms with Crippen LogP contribution in [0, 0.1) is 17.6 Å². The summed E-state index contributed by atoms with van der Waals surface area (Å²) in [4.78, 5) is 18.8. The van der Waals surface area contributed by atoms with Gasteiger partial charge in [-0.15, -0.1) is 0 Å². The van der Waals surface area contributed by atoms with Gasteiger partial charge < -0.3 is 10.1 Å². The van der Waals surface area contributed by atoms with Gasteiger partial charge in [-0.2, -0.15) is 24.1 Å². The van der Waals surface area contributed by atoms with E-state index in [1.807, 2.05) is 0 Å². The molecule has 3 aliphatic rings. The molecule has 312 valence electrons. The first-order valence-electron chi connectivity index (χ1n) is 18.3. The van der Waals surface area contributed by atoms with Crippen LogP contribution < -0.4 is 10.0 Å². The van der Waals surface area contributed by atoms with E-state index in [2.05, 4.69) is 31.9 Å². The molecule has 1 aliphatic heterocycles. The maximum Gasteiger partial charge on any atom is 0.297 e. The number of aromatic nitrogens is 7. The van der Waals surface area contributed by atoms with Crippen molar-refractivity contribution >= 4 is 44.3 Å². The normalized spacial score (nSPS) is 18.7. The number of halogens is 7. The second-order valence-corrected chi connectivity index (χ2v) is 17.2. The predicted molar refractivity (Wildman–Crippen MR) is 206 cm³/mol. The largest absolute Gasteiger partial charge is 0.377 e. The number of hydrogen-bond acceptors (Lipinski definition) is 8. The van der Waals surface area contributed by atoms with Crippen molar-refractivity contribution in [2.45, 2.75) is 43.3 Å². The highest BCUT2D eigenvalue weighted by molar-refractivity contribution is 7.92. The molecule has 2 N–H and O–H groups in total. The topological polar surface area (TPSA) is 151 Å². The molecule has 5 heterocycles. The third-order valence-corrected chi connectivity index (χ3v) is 11.8. The summed E-state index contributed by atoms with van der Waals surface area (Å²) in [7, 11) is -2.29. The maximum atomic E-state index is 15.6. The van der Waals surface area contributed by atoms with Crippen molar-refractivity contribution in [2.75, 3.05) is 24.2 Å².